The van der Waals surface area contributed by atoms with Gasteiger partial charge in [0.05, 0.1) is 29.3 Å². The van der Waals surface area contributed by atoms with E-state index in [9.17, 15) is 9.90 Å². The number of aliphatic hydroxyl groups is 1. The van der Waals surface area contributed by atoms with Crippen molar-refractivity contribution in [1.82, 2.24) is 24.6 Å². The molecule has 6 aromatic rings. The second-order valence-electron chi connectivity index (χ2n) is 11.2. The normalized spacial score (nSPS) is 16.3. The number of halogens is 1. The molecule has 214 valence electrons. The number of nitrogens with one attached hydrogen (secondary N) is 1. The average Bonchev–Trinajstić information content (AvgIpc) is 3.68. The summed E-state index contributed by atoms with van der Waals surface area (Å²) in [7, 11) is 0. The molecule has 8 heteroatoms. The summed E-state index contributed by atoms with van der Waals surface area (Å²) < 4.78 is 4.11. The Morgan fingerprint density at radius 3 is 2.56 bits per heavy atom. The van der Waals surface area contributed by atoms with E-state index < -0.39 is 5.54 Å². The number of aryl methyl sites for hydroxylation is 1. The Kier molecular flexibility index (Phi) is 6.84. The zero-order valence-electron chi connectivity index (χ0n) is 23.7. The number of aliphatic hydroxyl groups excluding tert-OH is 1. The van der Waals surface area contributed by atoms with E-state index in [1.54, 1.807) is 29.4 Å². The number of nitrogens with zero attached hydrogens (tertiary/aromatic N) is 4. The molecule has 0 aliphatic carbocycles. The number of carbonyl (C=O) groups excluding carboxylic acids is 1. The molecule has 1 aliphatic heterocycles. The highest BCUT2D eigenvalue weighted by Gasteiger charge is 2.40. The van der Waals surface area contributed by atoms with E-state index in [-0.39, 0.29) is 12.5 Å². The summed E-state index contributed by atoms with van der Waals surface area (Å²) in [6, 6.07) is 30.2. The van der Waals surface area contributed by atoms with Gasteiger partial charge in [0, 0.05) is 27.8 Å². The lowest BCUT2D eigenvalue weighted by molar-refractivity contribution is 0.0868. The first-order valence-electron chi connectivity index (χ1n) is 14.3. The fourth-order valence-electron chi connectivity index (χ4n) is 6.42. The van der Waals surface area contributed by atoms with Gasteiger partial charge in [-0.2, -0.15) is 0 Å². The number of carbonyl (C=O) groups is 1. The zero-order chi connectivity index (χ0) is 29.6. The molecule has 7 nitrogen and oxygen atoms in total. The number of hydrogen-bond acceptors (Lipinski definition) is 4. The summed E-state index contributed by atoms with van der Waals surface area (Å²) >= 11 is 6.68. The van der Waals surface area contributed by atoms with Gasteiger partial charge in [-0.15, -0.1) is 10.2 Å². The monoisotopic (exact) mass is 587 g/mol. The van der Waals surface area contributed by atoms with E-state index in [0.29, 0.717) is 23.6 Å². The van der Waals surface area contributed by atoms with Crippen molar-refractivity contribution in [2.45, 2.75) is 38.5 Å². The van der Waals surface area contributed by atoms with Gasteiger partial charge in [0.25, 0.3) is 5.91 Å². The van der Waals surface area contributed by atoms with E-state index in [1.165, 1.54) is 22.2 Å². The minimum atomic E-state index is -0.664. The van der Waals surface area contributed by atoms with Gasteiger partial charge in [-0.05, 0) is 72.9 Å². The lowest BCUT2D eigenvalue weighted by Gasteiger charge is -2.40. The van der Waals surface area contributed by atoms with Crippen LogP contribution < -0.4 is 5.32 Å². The van der Waals surface area contributed by atoms with Crippen molar-refractivity contribution in [1.29, 1.82) is 0 Å². The van der Waals surface area contributed by atoms with Crippen LogP contribution in [-0.2, 0) is 25.1 Å². The van der Waals surface area contributed by atoms with E-state index >= 15 is 0 Å². The molecule has 2 aromatic heterocycles. The number of benzene rings is 4. The van der Waals surface area contributed by atoms with Gasteiger partial charge >= 0.3 is 0 Å². The Labute approximate surface area is 254 Å². The first kappa shape index (κ1) is 27.1. The Bertz CT molecular complexity index is 1970. The molecule has 0 unspecified atom stereocenters. The third kappa shape index (κ3) is 4.80. The molecular weight excluding hydrogens is 558 g/mol. The van der Waals surface area contributed by atoms with E-state index in [1.807, 2.05) is 36.4 Å². The van der Waals surface area contributed by atoms with Crippen molar-refractivity contribution < 1.29 is 9.90 Å². The largest absolute Gasteiger partial charge is 0.392 e. The molecule has 0 fully saturated rings. The third-order valence-electron chi connectivity index (χ3n) is 8.53. The minimum Gasteiger partial charge on any atom is -0.392 e. The van der Waals surface area contributed by atoms with E-state index in [2.05, 4.69) is 69.5 Å². The average molecular weight is 588 g/mol. The second kappa shape index (κ2) is 10.8. The summed E-state index contributed by atoms with van der Waals surface area (Å²) in [5.74, 6) is -0.226. The van der Waals surface area contributed by atoms with Crippen LogP contribution in [0.15, 0.2) is 104 Å². The van der Waals surface area contributed by atoms with Crippen molar-refractivity contribution in [3.05, 3.63) is 137 Å². The Morgan fingerprint density at radius 2 is 1.79 bits per heavy atom. The van der Waals surface area contributed by atoms with Crippen LogP contribution in [0.3, 0.4) is 0 Å². The zero-order valence-corrected chi connectivity index (χ0v) is 24.4. The predicted molar refractivity (Wildman–Crippen MR) is 168 cm³/mol. The van der Waals surface area contributed by atoms with Crippen LogP contribution in [0.4, 0.5) is 0 Å². The molecule has 0 saturated heterocycles. The van der Waals surface area contributed by atoms with Crippen molar-refractivity contribution in [3.63, 3.8) is 0 Å². The summed E-state index contributed by atoms with van der Waals surface area (Å²) in [6.45, 7) is 2.66. The molecule has 0 bridgehead atoms. The van der Waals surface area contributed by atoms with Gasteiger partial charge in [-0.25, -0.2) is 0 Å². The molecule has 4 aromatic carbocycles. The lowest BCUT2D eigenvalue weighted by Crippen LogP contribution is -2.51. The van der Waals surface area contributed by atoms with Gasteiger partial charge in [-0.1, -0.05) is 71.8 Å². The quantitative estimate of drug-likeness (QED) is 0.229. The minimum absolute atomic E-state index is 0.00720. The second-order valence-corrected chi connectivity index (χ2v) is 11.6. The molecule has 2 N–H and O–H groups in total. The van der Waals surface area contributed by atoms with Gasteiger partial charge < -0.3 is 15.0 Å². The van der Waals surface area contributed by atoms with Crippen molar-refractivity contribution in [2.75, 3.05) is 0 Å². The van der Waals surface area contributed by atoms with Crippen molar-refractivity contribution in [3.8, 4) is 16.8 Å². The highest BCUT2D eigenvalue weighted by molar-refractivity contribution is 6.34. The maximum atomic E-state index is 14.0. The van der Waals surface area contributed by atoms with E-state index in [4.69, 9.17) is 11.6 Å². The number of aromatic nitrogens is 4. The summed E-state index contributed by atoms with van der Waals surface area (Å²) in [5.41, 5.74) is 8.26. The van der Waals surface area contributed by atoms with Crippen LogP contribution in [0.25, 0.3) is 27.7 Å². The fraction of sp³-hybridized carbons (Fsp3) is 0.171. The predicted octanol–water partition coefficient (Wildman–Crippen LogP) is 6.61. The van der Waals surface area contributed by atoms with Crippen LogP contribution in [0.5, 0.6) is 0 Å². The van der Waals surface area contributed by atoms with Gasteiger partial charge in [-0.3, -0.25) is 9.36 Å². The molecule has 3 heterocycles. The highest BCUT2D eigenvalue weighted by atomic mass is 35.5. The van der Waals surface area contributed by atoms with Crippen molar-refractivity contribution in [2.24, 2.45) is 0 Å². The Morgan fingerprint density at radius 1 is 0.977 bits per heavy atom. The molecular formula is C35H30ClN5O2. The maximum Gasteiger partial charge on any atom is 0.253 e. The summed E-state index contributed by atoms with van der Waals surface area (Å²) in [5, 5.41) is 22.5. The van der Waals surface area contributed by atoms with Gasteiger partial charge in [0.2, 0.25) is 0 Å². The number of rotatable bonds is 6. The number of fused-ring (bicyclic) bond motifs is 3. The summed E-state index contributed by atoms with van der Waals surface area (Å²) in [6.07, 6.45) is 4.64. The Hall–Kier alpha value is -4.72. The molecule has 43 heavy (non-hydrogen) atoms. The molecule has 0 saturated carbocycles. The fourth-order valence-corrected chi connectivity index (χ4v) is 6.69. The molecule has 0 spiro atoms. The molecule has 1 amide bonds. The standard InChI is InChI=1S/C35H30ClN5O2/c1-23-10-13-31-29(16-23)33(25-7-5-6-24(17-25)19-42)32-14-15-35(20-41(31)32,26-8-3-2-4-9-26)39-34(43)28-12-11-27(18-30(28)36)40-21-37-38-22-40/h2-13,16-18,21-22,42H,14-15,19-20H2,1H3,(H,39,43)/t35-/m1/s1. The topological polar surface area (TPSA) is 85.0 Å². The van der Waals surface area contributed by atoms with Crippen LogP contribution in [0, 0.1) is 6.92 Å². The van der Waals surface area contributed by atoms with Crippen LogP contribution in [0.1, 0.15) is 39.2 Å². The first-order chi connectivity index (χ1) is 21.0. The molecule has 1 aliphatic rings. The highest BCUT2D eigenvalue weighted by Crippen LogP contribution is 2.43. The maximum absolute atomic E-state index is 14.0. The lowest BCUT2D eigenvalue weighted by atomic mass is 9.81. The van der Waals surface area contributed by atoms with Crippen molar-refractivity contribution >= 4 is 28.4 Å². The van der Waals surface area contributed by atoms with Crippen LogP contribution in [-0.4, -0.2) is 30.3 Å². The van der Waals surface area contributed by atoms with Crippen LogP contribution in [0.2, 0.25) is 5.02 Å². The number of hydrogen-bond donors (Lipinski definition) is 2. The summed E-state index contributed by atoms with van der Waals surface area (Å²) in [4.78, 5) is 14.0. The van der Waals surface area contributed by atoms with Gasteiger partial charge in [0.15, 0.2) is 0 Å². The number of amides is 1. The van der Waals surface area contributed by atoms with Gasteiger partial charge in [0.1, 0.15) is 12.7 Å². The third-order valence-corrected chi connectivity index (χ3v) is 8.85. The SMILES string of the molecule is Cc1ccc2c(c1)c(-c1cccc(CO)c1)c1n2C[C@@](NC(=O)c2ccc(-n3cnnc3)cc2Cl)(c2ccccc2)CC1. The van der Waals surface area contributed by atoms with Crippen LogP contribution >= 0.6 is 11.6 Å². The molecule has 0 radical (unpaired) electrons. The smallest absolute Gasteiger partial charge is 0.253 e. The van der Waals surface area contributed by atoms with E-state index in [0.717, 1.165) is 34.3 Å². The Balaban J connectivity index is 1.33. The molecule has 7 rings (SSSR count). The molecule has 1 atom stereocenters. The first-order valence-corrected chi connectivity index (χ1v) is 14.7.